The van der Waals surface area contributed by atoms with Gasteiger partial charge in [-0.25, -0.2) is 4.79 Å². The fourth-order valence-electron chi connectivity index (χ4n) is 3.75. The van der Waals surface area contributed by atoms with Gasteiger partial charge in [-0.1, -0.05) is 25.1 Å². The van der Waals surface area contributed by atoms with Crippen molar-refractivity contribution in [3.63, 3.8) is 0 Å². The minimum Gasteiger partial charge on any atom is -0.465 e. The van der Waals surface area contributed by atoms with E-state index < -0.39 is 0 Å². The number of esters is 1. The second-order valence-electron chi connectivity index (χ2n) is 7.09. The summed E-state index contributed by atoms with van der Waals surface area (Å²) in [6.07, 6.45) is 2.76. The normalized spacial score (nSPS) is 18.3. The maximum Gasteiger partial charge on any atom is 0.337 e. The van der Waals surface area contributed by atoms with Crippen LogP contribution in [0.5, 0.6) is 0 Å². The first-order chi connectivity index (χ1) is 14.6. The number of thiocarbonyl (C=S) groups is 1. The zero-order chi connectivity index (χ0) is 21.1. The van der Waals surface area contributed by atoms with E-state index in [1.54, 1.807) is 18.3 Å². The van der Waals surface area contributed by atoms with Gasteiger partial charge in [0.15, 0.2) is 5.11 Å². The molecule has 3 heterocycles. The second kappa shape index (κ2) is 8.67. The minimum atomic E-state index is -0.361. The molecule has 7 heteroatoms. The molecule has 0 spiro atoms. The van der Waals surface area contributed by atoms with Crippen molar-refractivity contribution in [2.75, 3.05) is 13.7 Å². The van der Waals surface area contributed by atoms with E-state index in [1.165, 1.54) is 7.11 Å². The third-order valence-electron chi connectivity index (χ3n) is 5.17. The SMILES string of the molecule is CCCN1C(=S)N[C@H](c2ccccn2)[C@@H]1c1ccc(-c2ccc(C(=O)OC)cc2)o1. The van der Waals surface area contributed by atoms with Crippen molar-refractivity contribution in [1.29, 1.82) is 0 Å². The van der Waals surface area contributed by atoms with Gasteiger partial charge in [0, 0.05) is 18.3 Å². The molecule has 1 aromatic carbocycles. The number of carbonyl (C=O) groups excluding carboxylic acids is 1. The van der Waals surface area contributed by atoms with Crippen molar-refractivity contribution in [2.45, 2.75) is 25.4 Å². The van der Waals surface area contributed by atoms with Crippen LogP contribution in [0.1, 0.15) is 47.2 Å². The number of nitrogens with one attached hydrogen (secondary N) is 1. The smallest absolute Gasteiger partial charge is 0.337 e. The van der Waals surface area contributed by atoms with Crippen LogP contribution in [0, 0.1) is 0 Å². The number of benzene rings is 1. The number of hydrogen-bond acceptors (Lipinski definition) is 5. The van der Waals surface area contributed by atoms with Crippen molar-refractivity contribution in [2.24, 2.45) is 0 Å². The molecule has 1 aliphatic heterocycles. The molecule has 1 fully saturated rings. The van der Waals surface area contributed by atoms with Crippen LogP contribution in [0.3, 0.4) is 0 Å². The van der Waals surface area contributed by atoms with E-state index in [0.29, 0.717) is 10.7 Å². The molecule has 1 saturated heterocycles. The van der Waals surface area contributed by atoms with E-state index in [1.807, 2.05) is 42.5 Å². The Kier molecular flexibility index (Phi) is 5.81. The van der Waals surface area contributed by atoms with E-state index in [2.05, 4.69) is 22.1 Å². The average molecular weight is 422 g/mol. The summed E-state index contributed by atoms with van der Waals surface area (Å²) in [6.45, 7) is 2.95. The van der Waals surface area contributed by atoms with Crippen LogP contribution in [0.25, 0.3) is 11.3 Å². The first-order valence-corrected chi connectivity index (χ1v) is 10.3. The molecule has 6 nitrogen and oxygen atoms in total. The lowest BCUT2D eigenvalue weighted by Crippen LogP contribution is -2.30. The molecule has 154 valence electrons. The molecule has 4 rings (SSSR count). The Morgan fingerprint density at radius 1 is 1.20 bits per heavy atom. The van der Waals surface area contributed by atoms with E-state index >= 15 is 0 Å². The van der Waals surface area contributed by atoms with E-state index in [4.69, 9.17) is 21.4 Å². The van der Waals surface area contributed by atoms with Gasteiger partial charge in [0.25, 0.3) is 0 Å². The lowest BCUT2D eigenvalue weighted by molar-refractivity contribution is 0.0600. The average Bonchev–Trinajstić information content (AvgIpc) is 3.39. The molecule has 0 saturated carbocycles. The van der Waals surface area contributed by atoms with Gasteiger partial charge in [-0.15, -0.1) is 0 Å². The lowest BCUT2D eigenvalue weighted by Gasteiger charge is -2.25. The zero-order valence-electron chi connectivity index (χ0n) is 16.9. The number of hydrogen-bond donors (Lipinski definition) is 1. The molecular weight excluding hydrogens is 398 g/mol. The van der Waals surface area contributed by atoms with Gasteiger partial charge in [0.2, 0.25) is 0 Å². The van der Waals surface area contributed by atoms with Gasteiger partial charge >= 0.3 is 5.97 Å². The van der Waals surface area contributed by atoms with Crippen LogP contribution in [-0.4, -0.2) is 34.6 Å². The molecule has 0 radical (unpaired) electrons. The van der Waals surface area contributed by atoms with Gasteiger partial charge in [-0.2, -0.15) is 0 Å². The molecule has 30 heavy (non-hydrogen) atoms. The molecule has 0 bridgehead atoms. The van der Waals surface area contributed by atoms with Crippen molar-refractivity contribution in [3.8, 4) is 11.3 Å². The third kappa shape index (κ3) is 3.80. The maximum absolute atomic E-state index is 11.7. The van der Waals surface area contributed by atoms with E-state index in [-0.39, 0.29) is 18.1 Å². The summed E-state index contributed by atoms with van der Waals surface area (Å²) in [7, 11) is 1.37. The van der Waals surface area contributed by atoms with Gasteiger partial charge < -0.3 is 19.4 Å². The van der Waals surface area contributed by atoms with Crippen molar-refractivity contribution in [1.82, 2.24) is 15.2 Å². The second-order valence-corrected chi connectivity index (χ2v) is 7.48. The largest absolute Gasteiger partial charge is 0.465 e. The maximum atomic E-state index is 11.7. The van der Waals surface area contributed by atoms with Crippen LogP contribution in [0.2, 0.25) is 0 Å². The molecule has 0 amide bonds. The Bertz CT molecular complexity index is 1030. The van der Waals surface area contributed by atoms with Gasteiger partial charge in [-0.05, 0) is 55.0 Å². The summed E-state index contributed by atoms with van der Waals surface area (Å²) in [5, 5.41) is 4.12. The fraction of sp³-hybridized carbons (Fsp3) is 0.261. The fourth-order valence-corrected chi connectivity index (χ4v) is 4.08. The number of carbonyl (C=O) groups is 1. The molecule has 3 aromatic rings. The van der Waals surface area contributed by atoms with Crippen LogP contribution in [-0.2, 0) is 4.74 Å². The molecule has 1 aliphatic rings. The highest BCUT2D eigenvalue weighted by atomic mass is 32.1. The first kappa shape index (κ1) is 20.1. The predicted molar refractivity (Wildman–Crippen MR) is 118 cm³/mol. The Hall–Kier alpha value is -3.19. The highest BCUT2D eigenvalue weighted by Crippen LogP contribution is 2.40. The van der Waals surface area contributed by atoms with Gasteiger partial charge in [-0.3, -0.25) is 4.98 Å². The van der Waals surface area contributed by atoms with Gasteiger partial charge in [0.05, 0.1) is 24.4 Å². The van der Waals surface area contributed by atoms with Crippen LogP contribution >= 0.6 is 12.2 Å². The number of rotatable bonds is 6. The van der Waals surface area contributed by atoms with Crippen molar-refractivity contribution in [3.05, 3.63) is 77.8 Å². The standard InChI is InChI=1S/C23H23N3O3S/c1-3-14-26-21(20(25-23(26)30)17-6-4-5-13-24-17)19-12-11-18(29-19)15-7-9-16(10-8-15)22(27)28-2/h4-13,20-21H,3,14H2,1-2H3,(H,25,30)/t20-,21+/m1/s1. The highest BCUT2D eigenvalue weighted by molar-refractivity contribution is 7.80. The highest BCUT2D eigenvalue weighted by Gasteiger charge is 2.41. The Morgan fingerprint density at radius 3 is 2.67 bits per heavy atom. The minimum absolute atomic E-state index is 0.0876. The third-order valence-corrected chi connectivity index (χ3v) is 5.52. The van der Waals surface area contributed by atoms with Crippen molar-refractivity contribution >= 4 is 23.3 Å². The molecule has 2 atom stereocenters. The molecular formula is C23H23N3O3S. The number of nitrogens with zero attached hydrogens (tertiary/aromatic N) is 2. The Labute approximate surface area is 180 Å². The predicted octanol–water partition coefficient (Wildman–Crippen LogP) is 4.51. The first-order valence-electron chi connectivity index (χ1n) is 9.89. The number of methoxy groups -OCH3 is 1. The molecule has 0 aliphatic carbocycles. The molecule has 1 N–H and O–H groups in total. The summed E-state index contributed by atoms with van der Waals surface area (Å²) >= 11 is 5.61. The number of ether oxygens (including phenoxy) is 1. The zero-order valence-corrected chi connectivity index (χ0v) is 17.7. The quantitative estimate of drug-likeness (QED) is 0.464. The van der Waals surface area contributed by atoms with Crippen molar-refractivity contribution < 1.29 is 13.9 Å². The number of furan rings is 1. The van der Waals surface area contributed by atoms with Crippen LogP contribution < -0.4 is 5.32 Å². The van der Waals surface area contributed by atoms with Crippen LogP contribution in [0.4, 0.5) is 0 Å². The summed E-state index contributed by atoms with van der Waals surface area (Å²) in [4.78, 5) is 18.4. The molecule has 2 aromatic heterocycles. The van der Waals surface area contributed by atoms with Gasteiger partial charge in [0.1, 0.15) is 17.6 Å². The number of aromatic nitrogens is 1. The summed E-state index contributed by atoms with van der Waals surface area (Å²) in [6, 6.07) is 16.8. The Morgan fingerprint density at radius 2 is 2.00 bits per heavy atom. The summed E-state index contributed by atoms with van der Waals surface area (Å²) in [5.74, 6) is 1.19. The van der Waals surface area contributed by atoms with E-state index in [9.17, 15) is 4.79 Å². The molecule has 0 unspecified atom stereocenters. The lowest BCUT2D eigenvalue weighted by atomic mass is 10.0. The van der Waals surface area contributed by atoms with E-state index in [0.717, 1.165) is 35.7 Å². The Balaban J connectivity index is 1.66. The van der Waals surface area contributed by atoms with Crippen LogP contribution in [0.15, 0.2) is 65.2 Å². The topological polar surface area (TPSA) is 67.6 Å². The summed E-state index contributed by atoms with van der Waals surface area (Å²) in [5.41, 5.74) is 2.31. The monoisotopic (exact) mass is 421 g/mol. The summed E-state index contributed by atoms with van der Waals surface area (Å²) < 4.78 is 11.0. The number of pyridine rings is 1.